The fourth-order valence-corrected chi connectivity index (χ4v) is 1.08. The van der Waals surface area contributed by atoms with Gasteiger partial charge < -0.3 is 4.74 Å². The summed E-state index contributed by atoms with van der Waals surface area (Å²) < 4.78 is 5.44. The minimum Gasteiger partial charge on any atom is -0.488 e. The molecule has 0 saturated carbocycles. The van der Waals surface area contributed by atoms with Gasteiger partial charge in [-0.15, -0.1) is 0 Å². The van der Waals surface area contributed by atoms with Gasteiger partial charge in [-0.3, -0.25) is 0 Å². The van der Waals surface area contributed by atoms with Crippen molar-refractivity contribution in [3.63, 3.8) is 0 Å². The molecule has 2 heteroatoms. The number of hydrogen-bond acceptors (Lipinski definition) is 2. The molecule has 0 spiro atoms. The van der Waals surface area contributed by atoms with Gasteiger partial charge in [0.15, 0.2) is 0 Å². The Kier molecular flexibility index (Phi) is 3.75. The van der Waals surface area contributed by atoms with Gasteiger partial charge in [0.1, 0.15) is 18.4 Å². The van der Waals surface area contributed by atoms with Crippen LogP contribution in [-0.4, -0.2) is 6.61 Å². The molecule has 1 aromatic carbocycles. The van der Waals surface area contributed by atoms with Crippen molar-refractivity contribution in [2.24, 2.45) is 0 Å². The Morgan fingerprint density at radius 2 is 2.29 bits per heavy atom. The number of hydrogen-bond donors (Lipinski definition) is 0. The van der Waals surface area contributed by atoms with Crippen molar-refractivity contribution >= 4 is 0 Å². The molecule has 0 heterocycles. The highest BCUT2D eigenvalue weighted by Gasteiger charge is 2.01. The largest absolute Gasteiger partial charge is 0.488 e. The topological polar surface area (TPSA) is 33.0 Å². The number of nitriles is 1. The maximum Gasteiger partial charge on any atom is 0.137 e. The van der Waals surface area contributed by atoms with Crippen molar-refractivity contribution in [2.45, 2.75) is 13.8 Å². The first-order valence-corrected chi connectivity index (χ1v) is 4.52. The zero-order valence-electron chi connectivity index (χ0n) is 8.45. The van der Waals surface area contributed by atoms with Crippen molar-refractivity contribution in [3.05, 3.63) is 41.5 Å². The second-order valence-electron chi connectivity index (χ2n) is 2.99. The molecule has 1 rings (SSSR count). The molecular weight excluding hydrogens is 174 g/mol. The van der Waals surface area contributed by atoms with Crippen molar-refractivity contribution in [1.82, 2.24) is 0 Å². The minimum atomic E-state index is 0.509. The summed E-state index contributed by atoms with van der Waals surface area (Å²) in [6.07, 6.45) is 3.82. The molecular formula is C12H13NO. The van der Waals surface area contributed by atoms with Gasteiger partial charge in [0, 0.05) is 0 Å². The van der Waals surface area contributed by atoms with Gasteiger partial charge in [0.05, 0.1) is 5.56 Å². The Morgan fingerprint density at radius 3 is 2.93 bits per heavy atom. The molecule has 0 aliphatic heterocycles. The Hall–Kier alpha value is -1.75. The molecule has 0 aliphatic carbocycles. The molecule has 2 nitrogen and oxygen atoms in total. The fourth-order valence-electron chi connectivity index (χ4n) is 1.08. The average Bonchev–Trinajstić information content (AvgIpc) is 2.19. The smallest absolute Gasteiger partial charge is 0.137 e. The van der Waals surface area contributed by atoms with Gasteiger partial charge in [-0.05, 0) is 31.5 Å². The standard InChI is InChI=1S/C12H13NO/c1-3-4-7-14-12-8-10(2)5-6-11(12)9-13/h3-6,8H,7H2,1-2H3/b4-3+. The first-order chi connectivity index (χ1) is 6.77. The van der Waals surface area contributed by atoms with Crippen molar-refractivity contribution in [2.75, 3.05) is 6.61 Å². The Bertz CT molecular complexity index is 374. The zero-order chi connectivity index (χ0) is 10.4. The van der Waals surface area contributed by atoms with E-state index >= 15 is 0 Å². The predicted molar refractivity (Wildman–Crippen MR) is 56.2 cm³/mol. The lowest BCUT2D eigenvalue weighted by Crippen LogP contribution is -1.96. The van der Waals surface area contributed by atoms with Gasteiger partial charge >= 0.3 is 0 Å². The normalized spacial score (nSPS) is 10.1. The van der Waals surface area contributed by atoms with Crippen LogP contribution in [0.4, 0.5) is 0 Å². The van der Waals surface area contributed by atoms with Crippen LogP contribution in [0.15, 0.2) is 30.4 Å². The second-order valence-corrected chi connectivity index (χ2v) is 2.99. The number of ether oxygens (including phenoxy) is 1. The molecule has 0 unspecified atom stereocenters. The van der Waals surface area contributed by atoms with Crippen LogP contribution in [0, 0.1) is 18.3 Å². The molecule has 0 saturated heterocycles. The van der Waals surface area contributed by atoms with Crippen LogP contribution in [0.5, 0.6) is 5.75 Å². The van der Waals surface area contributed by atoms with Crippen LogP contribution in [0.1, 0.15) is 18.1 Å². The average molecular weight is 187 g/mol. The molecule has 0 radical (unpaired) electrons. The van der Waals surface area contributed by atoms with Crippen LogP contribution in [0.3, 0.4) is 0 Å². The molecule has 0 bridgehead atoms. The summed E-state index contributed by atoms with van der Waals surface area (Å²) in [7, 11) is 0. The summed E-state index contributed by atoms with van der Waals surface area (Å²) in [5.41, 5.74) is 1.68. The number of rotatable bonds is 3. The quantitative estimate of drug-likeness (QED) is 0.682. The van der Waals surface area contributed by atoms with E-state index in [1.165, 1.54) is 0 Å². The van der Waals surface area contributed by atoms with Crippen LogP contribution in [-0.2, 0) is 0 Å². The molecule has 14 heavy (non-hydrogen) atoms. The number of aryl methyl sites for hydroxylation is 1. The molecule has 0 aromatic heterocycles. The number of benzene rings is 1. The van der Waals surface area contributed by atoms with Gasteiger partial charge in [-0.25, -0.2) is 0 Å². The lowest BCUT2D eigenvalue weighted by molar-refractivity contribution is 0.361. The van der Waals surface area contributed by atoms with E-state index in [1.54, 1.807) is 6.07 Å². The van der Waals surface area contributed by atoms with E-state index in [0.29, 0.717) is 17.9 Å². The highest BCUT2D eigenvalue weighted by molar-refractivity contribution is 5.45. The Labute approximate surface area is 84.4 Å². The van der Waals surface area contributed by atoms with Crippen LogP contribution >= 0.6 is 0 Å². The van der Waals surface area contributed by atoms with E-state index in [-0.39, 0.29) is 0 Å². The van der Waals surface area contributed by atoms with Gasteiger partial charge in [-0.1, -0.05) is 18.2 Å². The summed E-state index contributed by atoms with van der Waals surface area (Å²) in [5.74, 6) is 0.658. The van der Waals surface area contributed by atoms with E-state index in [0.717, 1.165) is 5.56 Å². The Balaban J connectivity index is 2.83. The molecule has 0 atom stereocenters. The SMILES string of the molecule is C/C=C/COc1cc(C)ccc1C#N. The molecule has 1 aromatic rings. The first kappa shape index (κ1) is 10.3. The van der Waals surface area contributed by atoms with Crippen LogP contribution < -0.4 is 4.74 Å². The number of allylic oxidation sites excluding steroid dienone is 1. The highest BCUT2D eigenvalue weighted by Crippen LogP contribution is 2.19. The van der Waals surface area contributed by atoms with Gasteiger partial charge in [-0.2, -0.15) is 5.26 Å². The molecule has 0 amide bonds. The van der Waals surface area contributed by atoms with Crippen LogP contribution in [0.25, 0.3) is 0 Å². The van der Waals surface area contributed by atoms with Crippen molar-refractivity contribution < 1.29 is 4.74 Å². The van der Waals surface area contributed by atoms with Gasteiger partial charge in [0.2, 0.25) is 0 Å². The van der Waals surface area contributed by atoms with Gasteiger partial charge in [0.25, 0.3) is 0 Å². The lowest BCUT2D eigenvalue weighted by Gasteiger charge is -2.05. The molecule has 0 aliphatic rings. The molecule has 72 valence electrons. The first-order valence-electron chi connectivity index (χ1n) is 4.52. The summed E-state index contributed by atoms with van der Waals surface area (Å²) >= 11 is 0. The summed E-state index contributed by atoms with van der Waals surface area (Å²) in [5, 5.41) is 8.82. The summed E-state index contributed by atoms with van der Waals surface area (Å²) in [6.45, 7) is 4.42. The maximum absolute atomic E-state index is 8.82. The van der Waals surface area contributed by atoms with Crippen molar-refractivity contribution in [3.8, 4) is 11.8 Å². The molecule has 0 fully saturated rings. The van der Waals surface area contributed by atoms with E-state index < -0.39 is 0 Å². The fraction of sp³-hybridized carbons (Fsp3) is 0.250. The predicted octanol–water partition coefficient (Wildman–Crippen LogP) is 2.82. The van der Waals surface area contributed by atoms with E-state index in [2.05, 4.69) is 6.07 Å². The minimum absolute atomic E-state index is 0.509. The third-order valence-electron chi connectivity index (χ3n) is 1.83. The van der Waals surface area contributed by atoms with Crippen LogP contribution in [0.2, 0.25) is 0 Å². The maximum atomic E-state index is 8.82. The van der Waals surface area contributed by atoms with E-state index in [1.807, 2.05) is 38.1 Å². The Morgan fingerprint density at radius 1 is 1.50 bits per heavy atom. The zero-order valence-corrected chi connectivity index (χ0v) is 8.45. The third kappa shape index (κ3) is 2.63. The second kappa shape index (κ2) is 5.08. The summed E-state index contributed by atoms with van der Waals surface area (Å²) in [4.78, 5) is 0. The highest BCUT2D eigenvalue weighted by atomic mass is 16.5. The van der Waals surface area contributed by atoms with E-state index in [4.69, 9.17) is 10.00 Å². The monoisotopic (exact) mass is 187 g/mol. The van der Waals surface area contributed by atoms with E-state index in [9.17, 15) is 0 Å². The summed E-state index contributed by atoms with van der Waals surface area (Å²) in [6, 6.07) is 7.66. The number of nitrogens with zero attached hydrogens (tertiary/aromatic N) is 1. The van der Waals surface area contributed by atoms with Crippen molar-refractivity contribution in [1.29, 1.82) is 5.26 Å². The molecule has 0 N–H and O–H groups in total. The third-order valence-corrected chi connectivity index (χ3v) is 1.83. The lowest BCUT2D eigenvalue weighted by atomic mass is 10.1.